The van der Waals surface area contributed by atoms with Gasteiger partial charge >= 0.3 is 0 Å². The minimum absolute atomic E-state index is 0.0531. The first-order valence-electron chi connectivity index (χ1n) is 5.72. The summed E-state index contributed by atoms with van der Waals surface area (Å²) >= 11 is 11.7. The van der Waals surface area contributed by atoms with Gasteiger partial charge in [0.2, 0.25) is 10.0 Å². The topological polar surface area (TPSA) is 81.4 Å². The summed E-state index contributed by atoms with van der Waals surface area (Å²) in [5.41, 5.74) is 5.69. The molecule has 2 rings (SSSR count). The second kappa shape index (κ2) is 5.85. The molecule has 1 atom stereocenters. The number of hydrogen-bond donors (Lipinski definition) is 2. The molecule has 0 spiro atoms. The average Bonchev–Trinajstić information content (AvgIpc) is 2.86. The summed E-state index contributed by atoms with van der Waals surface area (Å²) in [4.78, 5) is -0.0602. The van der Waals surface area contributed by atoms with E-state index in [0.29, 0.717) is 19.8 Å². The molecule has 8 heteroatoms. The Bertz CT molecular complexity index is 572. The molecule has 1 aliphatic heterocycles. The van der Waals surface area contributed by atoms with E-state index in [9.17, 15) is 8.42 Å². The Kier molecular flexibility index (Phi) is 4.58. The van der Waals surface area contributed by atoms with Crippen LogP contribution < -0.4 is 10.5 Å². The smallest absolute Gasteiger partial charge is 0.242 e. The lowest BCUT2D eigenvalue weighted by atomic mass is 10.1. The normalized spacial score (nSPS) is 19.8. The highest BCUT2D eigenvalue weighted by atomic mass is 35.5. The van der Waals surface area contributed by atoms with Gasteiger partial charge in [-0.15, -0.1) is 0 Å². The van der Waals surface area contributed by atoms with Crippen molar-refractivity contribution >= 4 is 38.9 Å². The van der Waals surface area contributed by atoms with Gasteiger partial charge in [0.25, 0.3) is 0 Å². The molecule has 3 N–H and O–H groups in total. The Labute approximate surface area is 122 Å². The monoisotopic (exact) mass is 324 g/mol. The second-order valence-corrected chi connectivity index (χ2v) is 6.88. The highest BCUT2D eigenvalue weighted by Crippen LogP contribution is 2.33. The van der Waals surface area contributed by atoms with E-state index in [1.807, 2.05) is 0 Å². The summed E-state index contributed by atoms with van der Waals surface area (Å²) in [6, 6.07) is 2.75. The van der Waals surface area contributed by atoms with Gasteiger partial charge in [0, 0.05) is 13.2 Å². The SMILES string of the molecule is Nc1c(Cl)ccc(S(=O)(=O)NCC2CCOC2)c1Cl. The van der Waals surface area contributed by atoms with Crippen LogP contribution >= 0.6 is 23.2 Å². The summed E-state index contributed by atoms with van der Waals surface area (Å²) in [6.07, 6.45) is 0.846. The predicted octanol–water partition coefficient (Wildman–Crippen LogP) is 1.89. The molecule has 1 heterocycles. The van der Waals surface area contributed by atoms with Crippen LogP contribution in [0.15, 0.2) is 17.0 Å². The van der Waals surface area contributed by atoms with Crippen molar-refractivity contribution in [2.24, 2.45) is 5.92 Å². The lowest BCUT2D eigenvalue weighted by Crippen LogP contribution is -2.30. The lowest BCUT2D eigenvalue weighted by Gasteiger charge is -2.12. The molecule has 19 heavy (non-hydrogen) atoms. The number of nitrogens with one attached hydrogen (secondary N) is 1. The molecule has 5 nitrogen and oxygen atoms in total. The average molecular weight is 325 g/mol. The molecule has 1 fully saturated rings. The minimum Gasteiger partial charge on any atom is -0.396 e. The molecular formula is C11H14Cl2N2O3S. The summed E-state index contributed by atoms with van der Waals surface area (Å²) in [5.74, 6) is 0.193. The third-order valence-corrected chi connectivity index (χ3v) is 5.28. The molecule has 0 bridgehead atoms. The first-order chi connectivity index (χ1) is 8.92. The fourth-order valence-electron chi connectivity index (χ4n) is 1.81. The molecule has 0 radical (unpaired) electrons. The molecule has 106 valence electrons. The minimum atomic E-state index is -3.69. The number of anilines is 1. The van der Waals surface area contributed by atoms with Gasteiger partial charge in [0.1, 0.15) is 4.90 Å². The maximum absolute atomic E-state index is 12.1. The van der Waals surface area contributed by atoms with E-state index in [4.69, 9.17) is 33.7 Å². The highest BCUT2D eigenvalue weighted by Gasteiger charge is 2.23. The number of halogens is 2. The number of hydrogen-bond acceptors (Lipinski definition) is 4. The molecule has 1 saturated heterocycles. The van der Waals surface area contributed by atoms with E-state index in [1.165, 1.54) is 12.1 Å². The fraction of sp³-hybridized carbons (Fsp3) is 0.455. The van der Waals surface area contributed by atoms with E-state index in [-0.39, 0.29) is 26.5 Å². The fourth-order valence-corrected chi connectivity index (χ4v) is 3.69. The van der Waals surface area contributed by atoms with Crippen molar-refractivity contribution in [3.8, 4) is 0 Å². The zero-order valence-corrected chi connectivity index (χ0v) is 12.4. The first kappa shape index (κ1) is 14.9. The Morgan fingerprint density at radius 2 is 2.16 bits per heavy atom. The molecule has 0 saturated carbocycles. The molecular weight excluding hydrogens is 311 g/mol. The highest BCUT2D eigenvalue weighted by molar-refractivity contribution is 7.89. The number of benzene rings is 1. The number of sulfonamides is 1. The zero-order chi connectivity index (χ0) is 14.0. The Hall–Kier alpha value is -0.530. The van der Waals surface area contributed by atoms with Crippen LogP contribution in [0.25, 0.3) is 0 Å². The predicted molar refractivity (Wildman–Crippen MR) is 75.0 cm³/mol. The maximum atomic E-state index is 12.1. The van der Waals surface area contributed by atoms with Gasteiger partial charge in [0.15, 0.2) is 0 Å². The third-order valence-electron chi connectivity index (χ3n) is 2.97. The van der Waals surface area contributed by atoms with E-state index in [2.05, 4.69) is 4.72 Å². The number of rotatable bonds is 4. The second-order valence-electron chi connectivity index (χ2n) is 4.35. The van der Waals surface area contributed by atoms with Gasteiger partial charge in [-0.1, -0.05) is 23.2 Å². The van der Waals surface area contributed by atoms with Crippen molar-refractivity contribution in [1.29, 1.82) is 0 Å². The van der Waals surface area contributed by atoms with Crippen LogP contribution in [-0.2, 0) is 14.8 Å². The van der Waals surface area contributed by atoms with E-state index >= 15 is 0 Å². The van der Waals surface area contributed by atoms with Crippen molar-refractivity contribution in [2.45, 2.75) is 11.3 Å². The van der Waals surface area contributed by atoms with Crippen molar-refractivity contribution < 1.29 is 13.2 Å². The largest absolute Gasteiger partial charge is 0.396 e. The summed E-state index contributed by atoms with van der Waals surface area (Å²) in [7, 11) is -3.69. The van der Waals surface area contributed by atoms with E-state index < -0.39 is 10.0 Å². The zero-order valence-electron chi connectivity index (χ0n) is 10.0. The molecule has 1 aliphatic rings. The summed E-state index contributed by atoms with van der Waals surface area (Å²) in [5, 5.41) is 0.177. The quantitative estimate of drug-likeness (QED) is 0.829. The van der Waals surface area contributed by atoms with Crippen LogP contribution in [0.4, 0.5) is 5.69 Å². The van der Waals surface area contributed by atoms with E-state index in [1.54, 1.807) is 0 Å². The van der Waals surface area contributed by atoms with Gasteiger partial charge in [0.05, 0.1) is 22.3 Å². The number of nitrogen functional groups attached to an aromatic ring is 1. The van der Waals surface area contributed by atoms with Gasteiger partial charge in [-0.05, 0) is 24.5 Å². The van der Waals surface area contributed by atoms with Gasteiger partial charge in [-0.3, -0.25) is 0 Å². The van der Waals surface area contributed by atoms with Crippen LogP contribution in [0.3, 0.4) is 0 Å². The van der Waals surface area contributed by atoms with Gasteiger partial charge < -0.3 is 10.5 Å². The Balaban J connectivity index is 2.17. The van der Waals surface area contributed by atoms with Crippen LogP contribution in [0.2, 0.25) is 10.0 Å². The van der Waals surface area contributed by atoms with Crippen molar-refractivity contribution in [3.63, 3.8) is 0 Å². The first-order valence-corrected chi connectivity index (χ1v) is 7.96. The summed E-state index contributed by atoms with van der Waals surface area (Å²) < 4.78 is 32.0. The Morgan fingerprint density at radius 1 is 1.42 bits per heavy atom. The van der Waals surface area contributed by atoms with Crippen LogP contribution in [0.1, 0.15) is 6.42 Å². The van der Waals surface area contributed by atoms with Crippen molar-refractivity contribution in [1.82, 2.24) is 4.72 Å². The third kappa shape index (κ3) is 3.32. The van der Waals surface area contributed by atoms with Crippen LogP contribution in [0, 0.1) is 5.92 Å². The van der Waals surface area contributed by atoms with E-state index in [0.717, 1.165) is 6.42 Å². The summed E-state index contributed by atoms with van der Waals surface area (Å²) in [6.45, 7) is 1.56. The van der Waals surface area contributed by atoms with Crippen molar-refractivity contribution in [3.05, 3.63) is 22.2 Å². The molecule has 1 aromatic rings. The maximum Gasteiger partial charge on any atom is 0.242 e. The van der Waals surface area contributed by atoms with Gasteiger partial charge in [-0.2, -0.15) is 0 Å². The number of nitrogens with two attached hydrogens (primary N) is 1. The molecule has 1 aromatic carbocycles. The number of ether oxygens (including phenoxy) is 1. The molecule has 0 aliphatic carbocycles. The van der Waals surface area contributed by atoms with Gasteiger partial charge in [-0.25, -0.2) is 13.1 Å². The van der Waals surface area contributed by atoms with Crippen LogP contribution in [-0.4, -0.2) is 28.2 Å². The van der Waals surface area contributed by atoms with Crippen LogP contribution in [0.5, 0.6) is 0 Å². The molecule has 1 unspecified atom stereocenters. The lowest BCUT2D eigenvalue weighted by molar-refractivity contribution is 0.186. The molecule has 0 amide bonds. The standard InChI is InChI=1S/C11H14Cl2N2O3S/c12-8-1-2-9(10(13)11(8)14)19(16,17)15-5-7-3-4-18-6-7/h1-2,7,15H,3-6,14H2. The Morgan fingerprint density at radius 3 is 2.79 bits per heavy atom. The van der Waals surface area contributed by atoms with Crippen molar-refractivity contribution in [2.75, 3.05) is 25.5 Å². The molecule has 0 aromatic heterocycles.